The summed E-state index contributed by atoms with van der Waals surface area (Å²) >= 11 is 0. The van der Waals surface area contributed by atoms with Gasteiger partial charge in [-0.25, -0.2) is 0 Å². The van der Waals surface area contributed by atoms with Crippen LogP contribution in [0.4, 0.5) is 0 Å². The molecule has 4 aliphatic carbocycles. The lowest BCUT2D eigenvalue weighted by molar-refractivity contribution is 0.110. The van der Waals surface area contributed by atoms with Crippen molar-refractivity contribution >= 4 is 0 Å². The first-order valence-electron chi connectivity index (χ1n) is 11.9. The molecule has 0 radical (unpaired) electrons. The van der Waals surface area contributed by atoms with Crippen molar-refractivity contribution in [2.24, 2.45) is 35.5 Å². The molecule has 0 bridgehead atoms. The molecule has 142 valence electrons. The Morgan fingerprint density at radius 1 is 0.640 bits per heavy atom. The summed E-state index contributed by atoms with van der Waals surface area (Å²) in [6.07, 6.45) is 26.7. The highest BCUT2D eigenvalue weighted by Gasteiger charge is 2.38. The first kappa shape index (κ1) is 18.1. The molecule has 0 nitrogen and oxygen atoms in total. The molecule has 0 aromatic rings. The summed E-state index contributed by atoms with van der Waals surface area (Å²) in [7, 11) is 0. The molecule has 0 saturated heterocycles. The normalized spacial score (nSPS) is 37.0. The van der Waals surface area contributed by atoms with Crippen LogP contribution < -0.4 is 0 Å². The van der Waals surface area contributed by atoms with Gasteiger partial charge in [0.25, 0.3) is 0 Å². The molecule has 0 N–H and O–H groups in total. The van der Waals surface area contributed by atoms with Gasteiger partial charge in [0.15, 0.2) is 0 Å². The summed E-state index contributed by atoms with van der Waals surface area (Å²) in [5.74, 6) is 5.45. The van der Waals surface area contributed by atoms with Gasteiger partial charge in [-0.3, -0.25) is 0 Å². The smallest absolute Gasteiger partial charge is 0.0173 e. The van der Waals surface area contributed by atoms with Gasteiger partial charge in [0.2, 0.25) is 0 Å². The standard InChI is InChI=1S/C25H41/c1-19-17-24(21-13-7-3-8-14-21)25(22-15-9-4-10-16-22)18-23(19)20-11-5-2-6-12-20/h18-22,24-25H,1-17H2/q-1. The van der Waals surface area contributed by atoms with Crippen LogP contribution in [0.3, 0.4) is 0 Å². The lowest BCUT2D eigenvalue weighted by Crippen LogP contribution is -2.36. The van der Waals surface area contributed by atoms with Crippen molar-refractivity contribution in [3.63, 3.8) is 0 Å². The van der Waals surface area contributed by atoms with Crippen molar-refractivity contribution in [2.75, 3.05) is 0 Å². The van der Waals surface area contributed by atoms with E-state index in [-0.39, 0.29) is 0 Å². The summed E-state index contributed by atoms with van der Waals surface area (Å²) in [6, 6.07) is 0. The largest absolute Gasteiger partial charge is 0.336 e. The van der Waals surface area contributed by atoms with Gasteiger partial charge in [-0.15, -0.1) is 5.92 Å². The minimum atomic E-state index is 0.634. The predicted molar refractivity (Wildman–Crippen MR) is 108 cm³/mol. The van der Waals surface area contributed by atoms with Crippen molar-refractivity contribution in [1.82, 2.24) is 0 Å². The highest BCUT2D eigenvalue weighted by atomic mass is 14.4. The molecule has 0 heteroatoms. The van der Waals surface area contributed by atoms with E-state index in [1.54, 1.807) is 0 Å². The van der Waals surface area contributed by atoms with Gasteiger partial charge < -0.3 is 6.92 Å². The fraction of sp³-hybridized carbons (Fsp3) is 0.880. The van der Waals surface area contributed by atoms with Crippen LogP contribution in [0.25, 0.3) is 0 Å². The molecule has 0 aromatic carbocycles. The first-order valence-corrected chi connectivity index (χ1v) is 11.9. The number of hydrogen-bond donors (Lipinski definition) is 0. The van der Waals surface area contributed by atoms with Gasteiger partial charge >= 0.3 is 0 Å². The van der Waals surface area contributed by atoms with Crippen molar-refractivity contribution < 1.29 is 0 Å². The highest BCUT2D eigenvalue weighted by molar-refractivity contribution is 5.20. The summed E-state index contributed by atoms with van der Waals surface area (Å²) in [6.45, 7) is 4.71. The van der Waals surface area contributed by atoms with Crippen LogP contribution in [0.5, 0.6) is 0 Å². The molecule has 3 saturated carbocycles. The third-order valence-electron chi connectivity index (χ3n) is 8.43. The Kier molecular flexibility index (Phi) is 6.25. The molecule has 0 heterocycles. The van der Waals surface area contributed by atoms with Crippen LogP contribution >= 0.6 is 0 Å². The topological polar surface area (TPSA) is 0 Å². The maximum Gasteiger partial charge on any atom is -0.0173 e. The lowest BCUT2D eigenvalue weighted by Gasteiger charge is -2.48. The molecule has 0 aliphatic heterocycles. The summed E-state index contributed by atoms with van der Waals surface area (Å²) in [5, 5.41) is 0. The zero-order valence-electron chi connectivity index (χ0n) is 16.6. The molecule has 4 rings (SSSR count). The Morgan fingerprint density at radius 3 is 1.76 bits per heavy atom. The Balaban J connectivity index is 1.57. The van der Waals surface area contributed by atoms with Crippen LogP contribution in [0.2, 0.25) is 0 Å². The molecule has 3 fully saturated rings. The summed E-state index contributed by atoms with van der Waals surface area (Å²) in [5.41, 5.74) is 1.82. The maximum absolute atomic E-state index is 4.71. The average Bonchev–Trinajstić information content (AvgIpc) is 2.70. The Morgan fingerprint density at radius 2 is 1.16 bits per heavy atom. The molecule has 3 unspecified atom stereocenters. The predicted octanol–water partition coefficient (Wildman–Crippen LogP) is 7.74. The molecular weight excluding hydrogens is 300 g/mol. The van der Waals surface area contributed by atoms with E-state index in [0.29, 0.717) is 5.92 Å². The third kappa shape index (κ3) is 4.19. The Labute approximate surface area is 157 Å². The van der Waals surface area contributed by atoms with E-state index in [2.05, 4.69) is 6.08 Å². The Bertz CT molecular complexity index is 429. The second-order valence-corrected chi connectivity index (χ2v) is 9.97. The highest BCUT2D eigenvalue weighted by Crippen LogP contribution is 2.50. The molecule has 0 aromatic heterocycles. The number of rotatable bonds is 3. The van der Waals surface area contributed by atoms with Gasteiger partial charge in [0.1, 0.15) is 0 Å². The van der Waals surface area contributed by atoms with E-state index < -0.39 is 0 Å². The molecule has 0 amide bonds. The van der Waals surface area contributed by atoms with Crippen LogP contribution in [-0.4, -0.2) is 0 Å². The van der Waals surface area contributed by atoms with Gasteiger partial charge in [0, 0.05) is 0 Å². The summed E-state index contributed by atoms with van der Waals surface area (Å²) in [4.78, 5) is 0. The second-order valence-electron chi connectivity index (χ2n) is 9.97. The molecule has 3 atom stereocenters. The van der Waals surface area contributed by atoms with E-state index in [4.69, 9.17) is 6.92 Å². The van der Waals surface area contributed by atoms with Crippen LogP contribution in [0.1, 0.15) is 103 Å². The van der Waals surface area contributed by atoms with E-state index in [9.17, 15) is 0 Å². The second kappa shape index (κ2) is 8.62. The third-order valence-corrected chi connectivity index (χ3v) is 8.43. The van der Waals surface area contributed by atoms with Gasteiger partial charge in [-0.05, 0) is 55.3 Å². The zero-order valence-corrected chi connectivity index (χ0v) is 16.6. The van der Waals surface area contributed by atoms with Crippen LogP contribution in [-0.2, 0) is 0 Å². The number of allylic oxidation sites excluding steroid dienone is 2. The fourth-order valence-corrected chi connectivity index (χ4v) is 7.08. The molecule has 4 aliphatic rings. The average molecular weight is 342 g/mol. The maximum atomic E-state index is 4.71. The van der Waals surface area contributed by atoms with Gasteiger partial charge in [-0.2, -0.15) is 0 Å². The molecular formula is C25H41-. The van der Waals surface area contributed by atoms with Crippen molar-refractivity contribution in [3.8, 4) is 0 Å². The quantitative estimate of drug-likeness (QED) is 0.364. The van der Waals surface area contributed by atoms with Gasteiger partial charge in [0.05, 0.1) is 0 Å². The first-order chi connectivity index (χ1) is 12.3. The van der Waals surface area contributed by atoms with Crippen LogP contribution in [0.15, 0.2) is 11.6 Å². The van der Waals surface area contributed by atoms with Crippen LogP contribution in [0, 0.1) is 42.4 Å². The molecule has 25 heavy (non-hydrogen) atoms. The van der Waals surface area contributed by atoms with Crippen molar-refractivity contribution in [3.05, 3.63) is 18.6 Å². The zero-order chi connectivity index (χ0) is 17.1. The monoisotopic (exact) mass is 341 g/mol. The van der Waals surface area contributed by atoms with E-state index >= 15 is 0 Å². The van der Waals surface area contributed by atoms with E-state index in [1.165, 1.54) is 103 Å². The van der Waals surface area contributed by atoms with Crippen molar-refractivity contribution in [1.29, 1.82) is 0 Å². The van der Waals surface area contributed by atoms with Crippen molar-refractivity contribution in [2.45, 2.75) is 103 Å². The molecule has 0 spiro atoms. The van der Waals surface area contributed by atoms with E-state index in [1.807, 2.05) is 5.57 Å². The van der Waals surface area contributed by atoms with Gasteiger partial charge in [-0.1, -0.05) is 88.7 Å². The fourth-order valence-electron chi connectivity index (χ4n) is 7.08. The minimum absolute atomic E-state index is 0.634. The lowest BCUT2D eigenvalue weighted by atomic mass is 9.59. The minimum Gasteiger partial charge on any atom is -0.336 e. The Hall–Kier alpha value is -0.260. The SMILES string of the molecule is [CH2-]C1CC(C2CCCCC2)C(C2CCCCC2)C=C1C1CCCCC1. The number of hydrogen-bond acceptors (Lipinski definition) is 0. The van der Waals surface area contributed by atoms with E-state index in [0.717, 1.165) is 29.6 Å². The summed E-state index contributed by atoms with van der Waals surface area (Å²) < 4.78 is 0.